The van der Waals surface area contributed by atoms with E-state index in [1.807, 2.05) is 0 Å². The zero-order valence-corrected chi connectivity index (χ0v) is 27.5. The van der Waals surface area contributed by atoms with E-state index in [1.165, 1.54) is 36.4 Å². The number of hydrogen-bond donors (Lipinski definition) is 4. The summed E-state index contributed by atoms with van der Waals surface area (Å²) in [6.45, 7) is 0. The molecule has 0 bridgehead atoms. The zero-order chi connectivity index (χ0) is 42.5. The fourth-order valence-corrected chi connectivity index (χ4v) is 6.05. The lowest BCUT2D eigenvalue weighted by Gasteiger charge is -2.38. The molecule has 0 aromatic heterocycles. The summed E-state index contributed by atoms with van der Waals surface area (Å²) in [4.78, 5) is 105. The number of carbonyl (C=O) groups is 9. The molecular formula is C36H16F6O15. The number of alkyl halides is 6. The second kappa shape index (κ2) is 14.2. The third-order valence-corrected chi connectivity index (χ3v) is 8.51. The van der Waals surface area contributed by atoms with Gasteiger partial charge in [-0.3, -0.25) is 4.79 Å². The van der Waals surface area contributed by atoms with Gasteiger partial charge in [-0.15, -0.1) is 0 Å². The van der Waals surface area contributed by atoms with Crippen LogP contribution in [-0.2, 0) is 14.9 Å². The fourth-order valence-electron chi connectivity index (χ4n) is 6.05. The first kappa shape index (κ1) is 40.5. The second-order valence-electron chi connectivity index (χ2n) is 11.6. The van der Waals surface area contributed by atoms with Crippen molar-refractivity contribution >= 4 is 53.5 Å². The van der Waals surface area contributed by atoms with Crippen LogP contribution in [0.1, 0.15) is 110 Å². The molecule has 0 aliphatic carbocycles. The minimum atomic E-state index is -6.27. The molecule has 0 radical (unpaired) electrons. The Morgan fingerprint density at radius 2 is 0.772 bits per heavy atom. The van der Waals surface area contributed by atoms with Crippen molar-refractivity contribution in [3.8, 4) is 0 Å². The van der Waals surface area contributed by atoms with Crippen molar-refractivity contribution in [2.45, 2.75) is 17.8 Å². The van der Waals surface area contributed by atoms with Gasteiger partial charge in [0.2, 0.25) is 5.41 Å². The molecule has 0 unspecified atom stereocenters. The predicted molar refractivity (Wildman–Crippen MR) is 169 cm³/mol. The van der Waals surface area contributed by atoms with Crippen LogP contribution in [0, 0.1) is 0 Å². The van der Waals surface area contributed by atoms with E-state index in [9.17, 15) is 69.5 Å². The Hall–Kier alpha value is -7.71. The van der Waals surface area contributed by atoms with Gasteiger partial charge in [0.05, 0.1) is 44.5 Å². The molecule has 0 amide bonds. The summed E-state index contributed by atoms with van der Waals surface area (Å²) >= 11 is 0. The topological polar surface area (TPSA) is 253 Å². The Kier molecular flexibility index (Phi) is 10.1. The number of benzene rings is 4. The number of carboxylic acid groups (broad SMARTS) is 4. The Labute approximate surface area is 310 Å². The third-order valence-electron chi connectivity index (χ3n) is 8.51. The average molecular weight is 802 g/mol. The van der Waals surface area contributed by atoms with Crippen molar-refractivity contribution in [1.82, 2.24) is 0 Å². The van der Waals surface area contributed by atoms with Crippen LogP contribution in [0.5, 0.6) is 0 Å². The fraction of sp³-hybridized carbons (Fsp3) is 0.0833. The highest BCUT2D eigenvalue weighted by atomic mass is 19.4. The number of hydrogen-bond acceptors (Lipinski definition) is 11. The maximum absolute atomic E-state index is 14.2. The molecule has 2 aliphatic heterocycles. The zero-order valence-electron chi connectivity index (χ0n) is 27.5. The van der Waals surface area contributed by atoms with Crippen molar-refractivity contribution in [2.75, 3.05) is 0 Å². The van der Waals surface area contributed by atoms with Crippen molar-refractivity contribution < 1.29 is 99.4 Å². The summed E-state index contributed by atoms with van der Waals surface area (Å²) in [5.74, 6) is -12.4. The third kappa shape index (κ3) is 6.70. The van der Waals surface area contributed by atoms with E-state index < -0.39 is 105 Å². The van der Waals surface area contributed by atoms with E-state index in [1.54, 1.807) is 0 Å². The maximum atomic E-state index is 14.2. The van der Waals surface area contributed by atoms with Crippen LogP contribution in [0.25, 0.3) is 0 Å². The number of halogens is 6. The van der Waals surface area contributed by atoms with Crippen LogP contribution in [0.15, 0.2) is 72.8 Å². The van der Waals surface area contributed by atoms with Gasteiger partial charge in [0.25, 0.3) is 0 Å². The Bertz CT molecular complexity index is 2350. The van der Waals surface area contributed by atoms with Gasteiger partial charge in [0.1, 0.15) is 0 Å². The molecule has 292 valence electrons. The lowest BCUT2D eigenvalue weighted by atomic mass is 9.71. The van der Waals surface area contributed by atoms with Gasteiger partial charge in [-0.1, -0.05) is 36.4 Å². The summed E-state index contributed by atoms with van der Waals surface area (Å²) in [7, 11) is 0. The normalized spacial score (nSPS) is 13.4. The van der Waals surface area contributed by atoms with Crippen molar-refractivity contribution in [1.29, 1.82) is 0 Å². The lowest BCUT2D eigenvalue weighted by Crippen LogP contribution is -2.55. The average Bonchev–Trinajstić information content (AvgIpc) is 3.59. The van der Waals surface area contributed by atoms with Crippen LogP contribution in [0.4, 0.5) is 26.3 Å². The van der Waals surface area contributed by atoms with Gasteiger partial charge in [0.15, 0.2) is 5.78 Å². The summed E-state index contributed by atoms with van der Waals surface area (Å²) in [6, 6.07) is 8.71. The van der Waals surface area contributed by atoms with E-state index >= 15 is 0 Å². The highest BCUT2D eigenvalue weighted by Gasteiger charge is 2.72. The largest absolute Gasteiger partial charge is 0.478 e. The molecule has 0 atom stereocenters. The highest BCUT2D eigenvalue weighted by molar-refractivity contribution is 6.26. The van der Waals surface area contributed by atoms with E-state index in [4.69, 9.17) is 20.4 Å². The molecule has 2 aliphatic rings. The molecule has 6 rings (SSSR count). The van der Waals surface area contributed by atoms with Crippen LogP contribution < -0.4 is 0 Å². The smallest absolute Gasteiger partial charge is 0.411 e. The lowest BCUT2D eigenvalue weighted by molar-refractivity contribution is -0.288. The number of ketones is 1. The number of fused-ring (bicyclic) bond motifs is 2. The molecule has 0 saturated carbocycles. The first-order valence-corrected chi connectivity index (χ1v) is 15.1. The monoisotopic (exact) mass is 802 g/mol. The molecule has 15 nitrogen and oxygen atoms in total. The van der Waals surface area contributed by atoms with E-state index in [-0.39, 0.29) is 69.8 Å². The van der Waals surface area contributed by atoms with Crippen LogP contribution in [-0.4, -0.2) is 86.3 Å². The molecule has 21 heteroatoms. The van der Waals surface area contributed by atoms with Gasteiger partial charge in [-0.2, -0.15) is 26.3 Å². The number of ether oxygens (including phenoxy) is 2. The molecule has 0 spiro atoms. The summed E-state index contributed by atoms with van der Waals surface area (Å²) in [6.07, 6.45) is -12.5. The maximum Gasteiger partial charge on any atom is 0.411 e. The van der Waals surface area contributed by atoms with Gasteiger partial charge >= 0.3 is 60.1 Å². The number of aromatic carboxylic acids is 4. The van der Waals surface area contributed by atoms with Gasteiger partial charge < -0.3 is 29.9 Å². The summed E-state index contributed by atoms with van der Waals surface area (Å²) in [5.41, 5.74) is -14.1. The highest BCUT2D eigenvalue weighted by Crippen LogP contribution is 2.56. The quantitative estimate of drug-likeness (QED) is 0.0750. The molecule has 4 N–H and O–H groups in total. The van der Waals surface area contributed by atoms with Gasteiger partial charge in [-0.25, -0.2) is 38.4 Å². The molecular weight excluding hydrogens is 786 g/mol. The molecule has 4 aromatic rings. The van der Waals surface area contributed by atoms with E-state index in [0.29, 0.717) is 0 Å². The minimum absolute atomic E-state index is 0.0166. The van der Waals surface area contributed by atoms with Crippen LogP contribution in [0.3, 0.4) is 0 Å². The van der Waals surface area contributed by atoms with E-state index in [2.05, 4.69) is 9.47 Å². The molecule has 4 aromatic carbocycles. The SMILES string of the molecule is O=C(O)c1ccc(C(c2ccc(C(=O)O)c(C(=O)O)c2)(C(F)(F)F)C(F)(F)F)cc1C(=O)O.O=C1OC(=O)c2c1cccc2C(=O)c1cccc2c1C(=O)OC2=O. The Balaban J connectivity index is 0.000000227. The van der Waals surface area contributed by atoms with Crippen LogP contribution >= 0.6 is 0 Å². The van der Waals surface area contributed by atoms with E-state index in [0.717, 1.165) is 0 Å². The Morgan fingerprint density at radius 1 is 0.439 bits per heavy atom. The predicted octanol–water partition coefficient (Wildman–Crippen LogP) is 5.43. The number of cyclic esters (lactones) is 4. The molecule has 0 saturated heterocycles. The summed E-state index contributed by atoms with van der Waals surface area (Å²) in [5, 5.41) is 36.2. The molecule has 0 fully saturated rings. The van der Waals surface area contributed by atoms with Crippen LogP contribution in [0.2, 0.25) is 0 Å². The number of carbonyl (C=O) groups excluding carboxylic acids is 5. The van der Waals surface area contributed by atoms with Crippen molar-refractivity contribution in [3.63, 3.8) is 0 Å². The first-order valence-electron chi connectivity index (χ1n) is 15.1. The minimum Gasteiger partial charge on any atom is -0.478 e. The first-order chi connectivity index (χ1) is 26.4. The summed E-state index contributed by atoms with van der Waals surface area (Å²) < 4.78 is 94.1. The molecule has 2 heterocycles. The standard InChI is InChI=1S/C19H10F6O8.C17H6O7/c20-18(21,22)17(19(23,24)25,7-1-3-9(13(26)27)11(5-7)15(30)31)8-2-4-10(14(28)29)12(6-8)16(32)33;18-13(7-3-1-5-9-11(7)16(21)23-14(9)19)8-4-2-6-10-12(8)17(22)24-15(10)20/h1-6H,(H,26,27)(H,28,29)(H,30,31)(H,32,33);1-6H. The van der Waals surface area contributed by atoms with Gasteiger partial charge in [-0.05, 0) is 47.5 Å². The number of esters is 4. The second-order valence-corrected chi connectivity index (χ2v) is 11.6. The number of rotatable bonds is 8. The van der Waals surface area contributed by atoms with Gasteiger partial charge in [0, 0.05) is 11.1 Å². The van der Waals surface area contributed by atoms with Crippen molar-refractivity contribution in [2.24, 2.45) is 0 Å². The van der Waals surface area contributed by atoms with Crippen molar-refractivity contribution in [3.05, 3.63) is 140 Å². The number of carboxylic acids is 4. The Morgan fingerprint density at radius 3 is 1.07 bits per heavy atom. The molecule has 57 heavy (non-hydrogen) atoms.